The van der Waals surface area contributed by atoms with Crippen LogP contribution in [0.1, 0.15) is 10.5 Å². The molecule has 2 heterocycles. The summed E-state index contributed by atoms with van der Waals surface area (Å²) in [6.07, 6.45) is 1.79. The van der Waals surface area contributed by atoms with Crippen molar-refractivity contribution < 1.29 is 9.18 Å². The summed E-state index contributed by atoms with van der Waals surface area (Å²) in [6.45, 7) is 0. The maximum Gasteiger partial charge on any atom is 0.274 e. The lowest BCUT2D eigenvalue weighted by Gasteiger charge is -2.02. The van der Waals surface area contributed by atoms with Crippen molar-refractivity contribution in [2.75, 3.05) is 5.32 Å². The third-order valence-corrected chi connectivity index (χ3v) is 3.68. The summed E-state index contributed by atoms with van der Waals surface area (Å²) in [5.74, 6) is -0.538. The molecule has 0 saturated carbocycles. The maximum atomic E-state index is 13.1. The van der Waals surface area contributed by atoms with Crippen molar-refractivity contribution in [3.05, 3.63) is 48.0 Å². The normalized spacial score (nSPS) is 10.8. The Kier molecular flexibility index (Phi) is 2.79. The van der Waals surface area contributed by atoms with E-state index in [2.05, 4.69) is 10.3 Å². The number of amides is 1. The number of nitrogens with one attached hydrogen (secondary N) is 1. The molecule has 1 N–H and O–H groups in total. The van der Waals surface area contributed by atoms with Crippen LogP contribution in [0.5, 0.6) is 0 Å². The zero-order valence-electron chi connectivity index (χ0n) is 10.1. The Balaban J connectivity index is 1.89. The fraction of sp³-hybridized carbons (Fsp3) is 0.0769. The monoisotopic (exact) mass is 275 g/mol. The molecule has 0 atom stereocenters. The summed E-state index contributed by atoms with van der Waals surface area (Å²) < 4.78 is 15.5. The molecule has 1 amide bonds. The number of thiazole rings is 1. The Hall–Kier alpha value is -2.21. The minimum absolute atomic E-state index is 0.230. The van der Waals surface area contributed by atoms with Gasteiger partial charge in [-0.25, -0.2) is 9.37 Å². The number of anilines is 1. The van der Waals surface area contributed by atoms with Crippen molar-refractivity contribution in [3.63, 3.8) is 0 Å². The number of hydrogen-bond donors (Lipinski definition) is 1. The quantitative estimate of drug-likeness (QED) is 0.781. The highest BCUT2D eigenvalue weighted by atomic mass is 32.1. The zero-order valence-corrected chi connectivity index (χ0v) is 10.9. The van der Waals surface area contributed by atoms with Gasteiger partial charge in [-0.15, -0.1) is 0 Å². The van der Waals surface area contributed by atoms with Gasteiger partial charge in [0.15, 0.2) is 5.13 Å². The first-order valence-electron chi connectivity index (χ1n) is 5.62. The van der Waals surface area contributed by atoms with Crippen molar-refractivity contribution in [2.24, 2.45) is 7.05 Å². The summed E-state index contributed by atoms with van der Waals surface area (Å²) in [4.78, 5) is 16.2. The van der Waals surface area contributed by atoms with Gasteiger partial charge >= 0.3 is 0 Å². The number of fused-ring (bicyclic) bond motifs is 1. The van der Waals surface area contributed by atoms with Gasteiger partial charge in [0.25, 0.3) is 5.91 Å². The summed E-state index contributed by atoms with van der Waals surface area (Å²) >= 11 is 1.25. The van der Waals surface area contributed by atoms with E-state index in [1.165, 1.54) is 23.5 Å². The predicted molar refractivity (Wildman–Crippen MR) is 72.9 cm³/mol. The highest BCUT2D eigenvalue weighted by Crippen LogP contribution is 2.26. The minimum Gasteiger partial charge on any atom is -0.347 e. The first-order valence-corrected chi connectivity index (χ1v) is 6.44. The first kappa shape index (κ1) is 11.9. The molecule has 19 heavy (non-hydrogen) atoms. The summed E-state index contributed by atoms with van der Waals surface area (Å²) in [6, 6.07) is 7.88. The number of carbonyl (C=O) groups excluding carboxylic acids is 1. The van der Waals surface area contributed by atoms with Gasteiger partial charge in [0.1, 0.15) is 11.5 Å². The van der Waals surface area contributed by atoms with E-state index in [0.29, 0.717) is 21.0 Å². The molecule has 0 bridgehead atoms. The lowest BCUT2D eigenvalue weighted by atomic mass is 10.3. The third kappa shape index (κ3) is 2.22. The minimum atomic E-state index is -0.309. The molecule has 0 saturated heterocycles. The Labute approximate surface area is 112 Å². The summed E-state index contributed by atoms with van der Waals surface area (Å²) in [7, 11) is 1.79. The van der Waals surface area contributed by atoms with Crippen LogP contribution in [0.4, 0.5) is 9.52 Å². The van der Waals surface area contributed by atoms with Gasteiger partial charge in [-0.1, -0.05) is 11.3 Å². The molecule has 1 aromatic carbocycles. The maximum absolute atomic E-state index is 13.1. The lowest BCUT2D eigenvalue weighted by molar-refractivity contribution is 0.101. The van der Waals surface area contributed by atoms with Gasteiger partial charge < -0.3 is 4.57 Å². The number of nitrogens with zero attached hydrogens (tertiary/aromatic N) is 2. The number of benzene rings is 1. The second-order valence-corrected chi connectivity index (χ2v) is 5.12. The molecule has 0 aliphatic heterocycles. The van der Waals surface area contributed by atoms with Crippen LogP contribution in [0.25, 0.3) is 10.2 Å². The average molecular weight is 275 g/mol. The van der Waals surface area contributed by atoms with E-state index in [4.69, 9.17) is 0 Å². The van der Waals surface area contributed by atoms with Crippen molar-refractivity contribution in [2.45, 2.75) is 0 Å². The van der Waals surface area contributed by atoms with E-state index >= 15 is 0 Å². The Morgan fingerprint density at radius 1 is 1.42 bits per heavy atom. The number of aromatic nitrogens is 2. The highest BCUT2D eigenvalue weighted by Gasteiger charge is 2.12. The topological polar surface area (TPSA) is 46.9 Å². The van der Waals surface area contributed by atoms with Gasteiger partial charge in [-0.3, -0.25) is 10.1 Å². The second kappa shape index (κ2) is 4.47. The van der Waals surface area contributed by atoms with Gasteiger partial charge in [-0.05, 0) is 30.3 Å². The Morgan fingerprint density at radius 2 is 2.26 bits per heavy atom. The SMILES string of the molecule is Cn1cccc1C(=O)Nc1nc2ccc(F)cc2s1. The van der Waals surface area contributed by atoms with E-state index in [1.54, 1.807) is 36.0 Å². The molecule has 2 aromatic heterocycles. The zero-order chi connectivity index (χ0) is 13.4. The van der Waals surface area contributed by atoms with Crippen molar-refractivity contribution in [1.82, 2.24) is 9.55 Å². The largest absolute Gasteiger partial charge is 0.347 e. The van der Waals surface area contributed by atoms with Gasteiger partial charge in [0.05, 0.1) is 10.2 Å². The summed E-state index contributed by atoms with van der Waals surface area (Å²) in [5, 5.41) is 3.18. The lowest BCUT2D eigenvalue weighted by Crippen LogP contribution is -2.14. The molecule has 0 aliphatic rings. The van der Waals surface area contributed by atoms with E-state index < -0.39 is 0 Å². The van der Waals surface area contributed by atoms with E-state index in [9.17, 15) is 9.18 Å². The number of rotatable bonds is 2. The van der Waals surface area contributed by atoms with Crippen LogP contribution in [-0.2, 0) is 7.05 Å². The molecule has 6 heteroatoms. The molecule has 4 nitrogen and oxygen atoms in total. The van der Waals surface area contributed by atoms with Crippen LogP contribution in [0.2, 0.25) is 0 Å². The van der Waals surface area contributed by atoms with Crippen LogP contribution in [0, 0.1) is 5.82 Å². The predicted octanol–water partition coefficient (Wildman–Crippen LogP) is 3.03. The molecule has 0 aliphatic carbocycles. The van der Waals surface area contributed by atoms with Crippen LogP contribution >= 0.6 is 11.3 Å². The Bertz CT molecular complexity index is 762. The fourth-order valence-corrected chi connectivity index (χ4v) is 2.70. The van der Waals surface area contributed by atoms with Crippen molar-refractivity contribution in [3.8, 4) is 0 Å². The number of hydrogen-bond acceptors (Lipinski definition) is 3. The van der Waals surface area contributed by atoms with Gasteiger partial charge in [-0.2, -0.15) is 0 Å². The van der Waals surface area contributed by atoms with Crippen LogP contribution in [-0.4, -0.2) is 15.5 Å². The molecule has 0 radical (unpaired) electrons. The molecule has 0 fully saturated rings. The number of halogens is 1. The molecule has 0 spiro atoms. The first-order chi connectivity index (χ1) is 9.13. The van der Waals surface area contributed by atoms with Crippen LogP contribution in [0.3, 0.4) is 0 Å². The van der Waals surface area contributed by atoms with E-state index in [-0.39, 0.29) is 11.7 Å². The van der Waals surface area contributed by atoms with Crippen molar-refractivity contribution in [1.29, 1.82) is 0 Å². The molecule has 3 rings (SSSR count). The fourth-order valence-electron chi connectivity index (χ4n) is 1.81. The van der Waals surface area contributed by atoms with Gasteiger partial charge in [0.2, 0.25) is 0 Å². The Morgan fingerprint density at radius 3 is 3.00 bits per heavy atom. The van der Waals surface area contributed by atoms with Crippen molar-refractivity contribution >= 4 is 32.6 Å². The smallest absolute Gasteiger partial charge is 0.274 e. The average Bonchev–Trinajstić information content (AvgIpc) is 2.94. The van der Waals surface area contributed by atoms with Gasteiger partial charge in [0, 0.05) is 13.2 Å². The van der Waals surface area contributed by atoms with E-state index in [0.717, 1.165) is 0 Å². The number of aryl methyl sites for hydroxylation is 1. The molecular formula is C13H10FN3OS. The molecule has 0 unspecified atom stereocenters. The molecule has 3 aromatic rings. The van der Waals surface area contributed by atoms with Crippen LogP contribution in [0.15, 0.2) is 36.5 Å². The van der Waals surface area contributed by atoms with Crippen LogP contribution < -0.4 is 5.32 Å². The summed E-state index contributed by atoms with van der Waals surface area (Å²) in [5.41, 5.74) is 1.22. The molecule has 96 valence electrons. The number of carbonyl (C=O) groups is 1. The molecular weight excluding hydrogens is 265 g/mol. The third-order valence-electron chi connectivity index (χ3n) is 2.75. The standard InChI is InChI=1S/C13H10FN3OS/c1-17-6-2-3-10(17)12(18)16-13-15-9-5-4-8(14)7-11(9)19-13/h2-7H,1H3,(H,15,16,18). The second-order valence-electron chi connectivity index (χ2n) is 4.09. The van der Waals surface area contributed by atoms with E-state index in [1.807, 2.05) is 0 Å². The highest BCUT2D eigenvalue weighted by molar-refractivity contribution is 7.22.